The van der Waals surface area contributed by atoms with Crippen LogP contribution in [0, 0.1) is 0 Å². The Labute approximate surface area is 168 Å². The topological polar surface area (TPSA) is 49.4 Å². The number of fused-ring (bicyclic) bond motifs is 1. The Bertz CT molecular complexity index is 897. The van der Waals surface area contributed by atoms with Crippen molar-refractivity contribution in [3.63, 3.8) is 0 Å². The summed E-state index contributed by atoms with van der Waals surface area (Å²) in [5.74, 6) is -0.181. The zero-order chi connectivity index (χ0) is 19.0. The molecule has 2 aromatic rings. The number of likely N-dealkylation sites (tertiary alicyclic amines) is 1. The maximum atomic E-state index is 13.4. The Morgan fingerprint density at radius 1 is 1.22 bits per heavy atom. The fourth-order valence-corrected chi connectivity index (χ4v) is 4.75. The van der Waals surface area contributed by atoms with Gasteiger partial charge in [-0.05, 0) is 61.9 Å². The molecule has 0 spiro atoms. The van der Waals surface area contributed by atoms with Crippen molar-refractivity contribution in [1.82, 2.24) is 10.2 Å². The first-order valence-corrected chi connectivity index (χ1v) is 10.2. The lowest BCUT2D eigenvalue weighted by Crippen LogP contribution is -2.61. The third-order valence-electron chi connectivity index (χ3n) is 5.76. The summed E-state index contributed by atoms with van der Waals surface area (Å²) >= 11 is 3.40. The van der Waals surface area contributed by atoms with E-state index >= 15 is 0 Å². The van der Waals surface area contributed by atoms with Gasteiger partial charge in [-0.2, -0.15) is 0 Å². The van der Waals surface area contributed by atoms with Crippen molar-refractivity contribution < 1.29 is 9.59 Å². The number of carbonyl (C=O) groups excluding carboxylic acids is 2. The Balaban J connectivity index is 1.55. The molecule has 0 aromatic heterocycles. The van der Waals surface area contributed by atoms with E-state index in [0.717, 1.165) is 30.3 Å². The lowest BCUT2D eigenvalue weighted by atomic mass is 9.88. The average molecular weight is 427 g/mol. The first-order chi connectivity index (χ1) is 13.0. The van der Waals surface area contributed by atoms with Crippen LogP contribution >= 0.6 is 15.9 Å². The van der Waals surface area contributed by atoms with Crippen molar-refractivity contribution in [3.8, 4) is 0 Å². The van der Waals surface area contributed by atoms with Crippen LogP contribution in [0.5, 0.6) is 0 Å². The van der Waals surface area contributed by atoms with Gasteiger partial charge in [-0.3, -0.25) is 9.59 Å². The number of carbonyl (C=O) groups is 2. The fourth-order valence-electron chi connectivity index (χ4n) is 4.35. The van der Waals surface area contributed by atoms with Crippen LogP contribution in [0.2, 0.25) is 0 Å². The van der Waals surface area contributed by atoms with E-state index in [2.05, 4.69) is 39.4 Å². The van der Waals surface area contributed by atoms with Crippen molar-refractivity contribution in [2.45, 2.75) is 44.2 Å². The zero-order valence-electron chi connectivity index (χ0n) is 15.4. The smallest absolute Gasteiger partial charge is 0.252 e. The molecule has 1 aliphatic carbocycles. The third-order valence-corrected chi connectivity index (χ3v) is 6.26. The van der Waals surface area contributed by atoms with E-state index in [9.17, 15) is 9.59 Å². The molecule has 0 radical (unpaired) electrons. The molecule has 0 unspecified atom stereocenters. The second-order valence-corrected chi connectivity index (χ2v) is 8.57. The van der Waals surface area contributed by atoms with Gasteiger partial charge in [0.2, 0.25) is 5.91 Å². The van der Waals surface area contributed by atoms with Gasteiger partial charge < -0.3 is 10.2 Å². The summed E-state index contributed by atoms with van der Waals surface area (Å²) in [4.78, 5) is 28.1. The van der Waals surface area contributed by atoms with E-state index in [1.165, 1.54) is 11.1 Å². The summed E-state index contributed by atoms with van der Waals surface area (Å²) in [6, 6.07) is 15.7. The molecule has 2 atom stereocenters. The summed E-state index contributed by atoms with van der Waals surface area (Å²) in [5, 5.41) is 3.01. The number of hydrogen-bond donors (Lipinski definition) is 1. The zero-order valence-corrected chi connectivity index (χ0v) is 17.0. The van der Waals surface area contributed by atoms with E-state index in [4.69, 9.17) is 0 Å². The normalized spacial score (nSPS) is 24.6. The summed E-state index contributed by atoms with van der Waals surface area (Å²) in [7, 11) is 0. The van der Waals surface area contributed by atoms with E-state index in [1.54, 1.807) is 12.1 Å². The molecule has 2 aliphatic rings. The van der Waals surface area contributed by atoms with Crippen molar-refractivity contribution in [3.05, 3.63) is 69.7 Å². The predicted molar refractivity (Wildman–Crippen MR) is 108 cm³/mol. The second kappa shape index (κ2) is 7.12. The molecular formula is C22H23BrN2O2. The van der Waals surface area contributed by atoms with Crippen LogP contribution in [0.4, 0.5) is 0 Å². The van der Waals surface area contributed by atoms with Gasteiger partial charge in [-0.15, -0.1) is 0 Å². The van der Waals surface area contributed by atoms with E-state index in [1.807, 2.05) is 30.0 Å². The predicted octanol–water partition coefficient (Wildman–Crippen LogP) is 4.25. The highest BCUT2D eigenvalue weighted by molar-refractivity contribution is 9.10. The molecule has 1 heterocycles. The van der Waals surface area contributed by atoms with Crippen molar-refractivity contribution in [2.24, 2.45) is 0 Å². The third kappa shape index (κ3) is 3.41. The number of nitrogens with zero attached hydrogens (tertiary/aromatic N) is 1. The summed E-state index contributed by atoms with van der Waals surface area (Å²) in [6.07, 6.45) is 3.52. The fraction of sp³-hybridized carbons (Fsp3) is 0.364. The number of aryl methyl sites for hydroxylation is 1. The number of nitrogens with one attached hydrogen (secondary N) is 1. The Morgan fingerprint density at radius 2 is 2.04 bits per heavy atom. The number of benzene rings is 2. The Hall–Kier alpha value is -2.14. The second-order valence-electron chi connectivity index (χ2n) is 7.65. The average Bonchev–Trinajstić information content (AvgIpc) is 3.08. The largest absolute Gasteiger partial charge is 0.338 e. The maximum absolute atomic E-state index is 13.4. The van der Waals surface area contributed by atoms with Gasteiger partial charge in [0, 0.05) is 16.6 Å². The first-order valence-electron chi connectivity index (χ1n) is 9.45. The van der Waals surface area contributed by atoms with E-state index < -0.39 is 5.54 Å². The SMILES string of the molecule is C[C@@]1(NC(=O)c2cccc(Br)c2)CCCN([C@H]2CCc3ccccc32)C1=O. The molecule has 1 fully saturated rings. The number of amides is 2. The molecular weight excluding hydrogens is 404 g/mol. The monoisotopic (exact) mass is 426 g/mol. The van der Waals surface area contributed by atoms with E-state index in [-0.39, 0.29) is 17.9 Å². The van der Waals surface area contributed by atoms with Crippen LogP contribution in [-0.4, -0.2) is 28.8 Å². The van der Waals surface area contributed by atoms with Gasteiger partial charge in [-0.25, -0.2) is 0 Å². The summed E-state index contributed by atoms with van der Waals surface area (Å²) in [6.45, 7) is 2.61. The minimum absolute atomic E-state index is 0.0267. The van der Waals surface area contributed by atoms with Gasteiger partial charge in [-0.1, -0.05) is 46.3 Å². The minimum Gasteiger partial charge on any atom is -0.338 e. The van der Waals surface area contributed by atoms with Gasteiger partial charge >= 0.3 is 0 Å². The molecule has 5 heteroatoms. The Morgan fingerprint density at radius 3 is 2.85 bits per heavy atom. The van der Waals surface area contributed by atoms with Crippen molar-refractivity contribution >= 4 is 27.7 Å². The molecule has 0 bridgehead atoms. The standard InChI is InChI=1S/C22H23BrN2O2/c1-22(24-20(26)16-7-4-8-17(23)14-16)12-5-13-25(21(22)27)19-11-10-15-6-2-3-9-18(15)19/h2-4,6-9,14,19H,5,10-13H2,1H3,(H,24,26)/t19-,22+/m0/s1. The van der Waals surface area contributed by atoms with Crippen LogP contribution in [-0.2, 0) is 11.2 Å². The summed E-state index contributed by atoms with van der Waals surface area (Å²) < 4.78 is 0.847. The van der Waals surface area contributed by atoms with Gasteiger partial charge in [0.05, 0.1) is 6.04 Å². The first kappa shape index (κ1) is 18.2. The lowest BCUT2D eigenvalue weighted by Gasteiger charge is -2.43. The lowest BCUT2D eigenvalue weighted by molar-refractivity contribution is -0.143. The van der Waals surface area contributed by atoms with Gasteiger partial charge in [0.15, 0.2) is 0 Å². The van der Waals surface area contributed by atoms with Crippen LogP contribution in [0.1, 0.15) is 53.7 Å². The molecule has 1 saturated heterocycles. The molecule has 1 N–H and O–H groups in total. The van der Waals surface area contributed by atoms with Crippen LogP contribution < -0.4 is 5.32 Å². The molecule has 27 heavy (non-hydrogen) atoms. The van der Waals surface area contributed by atoms with Crippen LogP contribution in [0.15, 0.2) is 53.0 Å². The maximum Gasteiger partial charge on any atom is 0.252 e. The molecule has 2 aromatic carbocycles. The number of piperidine rings is 1. The quantitative estimate of drug-likeness (QED) is 0.797. The Kier molecular flexibility index (Phi) is 4.81. The van der Waals surface area contributed by atoms with Gasteiger partial charge in [0.1, 0.15) is 5.54 Å². The number of rotatable bonds is 3. The molecule has 2 amide bonds. The number of hydrogen-bond acceptors (Lipinski definition) is 2. The van der Waals surface area contributed by atoms with Gasteiger partial charge in [0.25, 0.3) is 5.91 Å². The molecule has 1 aliphatic heterocycles. The van der Waals surface area contributed by atoms with Crippen LogP contribution in [0.25, 0.3) is 0 Å². The van der Waals surface area contributed by atoms with Crippen molar-refractivity contribution in [2.75, 3.05) is 6.54 Å². The van der Waals surface area contributed by atoms with Crippen molar-refractivity contribution in [1.29, 1.82) is 0 Å². The molecule has 0 saturated carbocycles. The highest BCUT2D eigenvalue weighted by Gasteiger charge is 2.44. The minimum atomic E-state index is -0.866. The summed E-state index contributed by atoms with van der Waals surface area (Å²) in [5.41, 5.74) is 2.28. The molecule has 140 valence electrons. The number of halogens is 1. The molecule has 4 nitrogen and oxygen atoms in total. The van der Waals surface area contributed by atoms with Crippen LogP contribution in [0.3, 0.4) is 0 Å². The van der Waals surface area contributed by atoms with E-state index in [0.29, 0.717) is 12.0 Å². The highest BCUT2D eigenvalue weighted by atomic mass is 79.9. The molecule has 4 rings (SSSR count). The highest BCUT2D eigenvalue weighted by Crippen LogP contribution is 2.39.